The maximum atomic E-state index is 13.5. The van der Waals surface area contributed by atoms with E-state index in [9.17, 15) is 4.39 Å². The van der Waals surface area contributed by atoms with Crippen molar-refractivity contribution in [1.82, 2.24) is 9.97 Å². The zero-order valence-electron chi connectivity index (χ0n) is 11.2. The molecule has 1 heterocycles. The summed E-state index contributed by atoms with van der Waals surface area (Å²) in [5, 5.41) is 3.47. The van der Waals surface area contributed by atoms with Gasteiger partial charge >= 0.3 is 0 Å². The minimum atomic E-state index is -0.375. The lowest BCUT2D eigenvalue weighted by Gasteiger charge is -2.18. The van der Waals surface area contributed by atoms with Crippen molar-refractivity contribution in [2.45, 2.75) is 25.7 Å². The molecule has 1 aromatic heterocycles. The van der Waals surface area contributed by atoms with Crippen molar-refractivity contribution in [1.29, 1.82) is 0 Å². The van der Waals surface area contributed by atoms with Crippen molar-refractivity contribution in [3.8, 4) is 11.4 Å². The summed E-state index contributed by atoms with van der Waals surface area (Å²) in [5.74, 6) is 0.987. The number of benzene rings is 1. The minimum Gasteiger partial charge on any atom is -0.373 e. The van der Waals surface area contributed by atoms with Crippen LogP contribution in [0.4, 0.5) is 10.2 Å². The number of fused-ring (bicyclic) bond motifs is 1. The number of halogens is 2. The van der Waals surface area contributed by atoms with Gasteiger partial charge in [-0.2, -0.15) is 0 Å². The molecule has 1 aliphatic carbocycles. The highest BCUT2D eigenvalue weighted by Crippen LogP contribution is 2.29. The molecule has 0 aliphatic heterocycles. The van der Waals surface area contributed by atoms with E-state index in [1.165, 1.54) is 17.7 Å². The number of anilines is 1. The second-order valence-electron chi connectivity index (χ2n) is 4.94. The normalized spacial score (nSPS) is 13.9. The Morgan fingerprint density at radius 3 is 2.70 bits per heavy atom. The first-order valence-electron chi connectivity index (χ1n) is 6.71. The summed E-state index contributed by atoms with van der Waals surface area (Å²) in [6, 6.07) is 4.38. The van der Waals surface area contributed by atoms with Gasteiger partial charge in [-0.1, -0.05) is 11.6 Å². The number of rotatable bonds is 2. The van der Waals surface area contributed by atoms with Gasteiger partial charge in [-0.25, -0.2) is 14.4 Å². The molecule has 0 fully saturated rings. The molecule has 0 atom stereocenters. The number of aromatic nitrogens is 2. The lowest BCUT2D eigenvalue weighted by molar-refractivity contribution is 0.628. The number of aryl methyl sites for hydroxylation is 1. The van der Waals surface area contributed by atoms with E-state index in [1.54, 1.807) is 6.07 Å². The molecule has 0 saturated carbocycles. The quantitative estimate of drug-likeness (QED) is 0.913. The predicted octanol–water partition coefficient (Wildman–Crippen LogP) is 3.86. The van der Waals surface area contributed by atoms with Crippen LogP contribution in [0.25, 0.3) is 11.4 Å². The third-order valence-corrected chi connectivity index (χ3v) is 3.76. The summed E-state index contributed by atoms with van der Waals surface area (Å²) < 4.78 is 13.5. The van der Waals surface area contributed by atoms with Gasteiger partial charge in [-0.15, -0.1) is 0 Å². The van der Waals surface area contributed by atoms with E-state index in [0.29, 0.717) is 16.4 Å². The molecule has 1 aromatic carbocycles. The van der Waals surface area contributed by atoms with Gasteiger partial charge in [0.1, 0.15) is 11.6 Å². The third-order valence-electron chi connectivity index (χ3n) is 3.54. The highest BCUT2D eigenvalue weighted by Gasteiger charge is 2.18. The number of hydrogen-bond donors (Lipinski definition) is 1. The lowest BCUT2D eigenvalue weighted by atomic mass is 9.96. The van der Waals surface area contributed by atoms with Crippen LogP contribution in [0.3, 0.4) is 0 Å². The molecule has 2 aromatic rings. The fraction of sp³-hybridized carbons (Fsp3) is 0.333. The largest absolute Gasteiger partial charge is 0.373 e. The van der Waals surface area contributed by atoms with Crippen LogP contribution in [-0.4, -0.2) is 17.0 Å². The molecule has 3 nitrogen and oxygen atoms in total. The lowest BCUT2D eigenvalue weighted by Crippen LogP contribution is -2.12. The van der Waals surface area contributed by atoms with Crippen LogP contribution >= 0.6 is 11.6 Å². The standard InChI is InChI=1S/C15H15ClFN3/c1-18-15-12-4-2-3-5-13(12)19-14(20-15)9-6-10(16)8-11(17)7-9/h6-8H,2-5H2,1H3,(H,18,19,20). The zero-order chi connectivity index (χ0) is 14.1. The summed E-state index contributed by atoms with van der Waals surface area (Å²) in [6.07, 6.45) is 4.24. The number of nitrogens with one attached hydrogen (secondary N) is 1. The average molecular weight is 292 g/mol. The van der Waals surface area contributed by atoms with Gasteiger partial charge in [0.25, 0.3) is 0 Å². The molecule has 20 heavy (non-hydrogen) atoms. The summed E-state index contributed by atoms with van der Waals surface area (Å²) in [6.45, 7) is 0. The molecule has 1 N–H and O–H groups in total. The van der Waals surface area contributed by atoms with Gasteiger partial charge < -0.3 is 5.32 Å². The highest BCUT2D eigenvalue weighted by molar-refractivity contribution is 6.30. The van der Waals surface area contributed by atoms with E-state index < -0.39 is 0 Å². The van der Waals surface area contributed by atoms with Crippen LogP contribution < -0.4 is 5.32 Å². The monoisotopic (exact) mass is 291 g/mol. The molecule has 5 heteroatoms. The first-order chi connectivity index (χ1) is 9.67. The van der Waals surface area contributed by atoms with Crippen LogP contribution in [0.5, 0.6) is 0 Å². The summed E-state index contributed by atoms with van der Waals surface area (Å²) in [4.78, 5) is 9.11. The van der Waals surface area contributed by atoms with E-state index in [-0.39, 0.29) is 5.82 Å². The maximum absolute atomic E-state index is 13.5. The number of nitrogens with zero attached hydrogens (tertiary/aromatic N) is 2. The minimum absolute atomic E-state index is 0.354. The molecular weight excluding hydrogens is 277 g/mol. The zero-order valence-corrected chi connectivity index (χ0v) is 12.0. The second-order valence-corrected chi connectivity index (χ2v) is 5.37. The van der Waals surface area contributed by atoms with Crippen LogP contribution in [0.1, 0.15) is 24.1 Å². The van der Waals surface area contributed by atoms with E-state index >= 15 is 0 Å². The van der Waals surface area contributed by atoms with Crippen LogP contribution in [0, 0.1) is 5.82 Å². The molecule has 0 bridgehead atoms. The first-order valence-corrected chi connectivity index (χ1v) is 7.09. The van der Waals surface area contributed by atoms with E-state index in [1.807, 2.05) is 7.05 Å². The molecule has 0 amide bonds. The highest BCUT2D eigenvalue weighted by atomic mass is 35.5. The SMILES string of the molecule is CNc1nc(-c2cc(F)cc(Cl)c2)nc2c1CCCC2. The van der Waals surface area contributed by atoms with Crippen molar-refractivity contribution in [3.05, 3.63) is 40.3 Å². The van der Waals surface area contributed by atoms with E-state index in [0.717, 1.165) is 37.2 Å². The van der Waals surface area contributed by atoms with Crippen molar-refractivity contribution < 1.29 is 4.39 Å². The smallest absolute Gasteiger partial charge is 0.161 e. The Kier molecular flexibility index (Phi) is 3.57. The van der Waals surface area contributed by atoms with Crippen LogP contribution in [0.2, 0.25) is 5.02 Å². The summed E-state index contributed by atoms with van der Waals surface area (Å²) in [5.41, 5.74) is 2.86. The Balaban J connectivity index is 2.14. The molecule has 0 saturated heterocycles. The summed E-state index contributed by atoms with van der Waals surface area (Å²) in [7, 11) is 1.85. The van der Waals surface area contributed by atoms with Gasteiger partial charge in [0.05, 0.1) is 0 Å². The Morgan fingerprint density at radius 2 is 1.95 bits per heavy atom. The fourth-order valence-corrected chi connectivity index (χ4v) is 2.83. The molecular formula is C15H15ClFN3. The fourth-order valence-electron chi connectivity index (χ4n) is 2.61. The molecule has 0 radical (unpaired) electrons. The molecule has 104 valence electrons. The van der Waals surface area contributed by atoms with Gasteiger partial charge in [0.15, 0.2) is 5.82 Å². The summed E-state index contributed by atoms with van der Waals surface area (Å²) >= 11 is 5.91. The maximum Gasteiger partial charge on any atom is 0.161 e. The number of hydrogen-bond acceptors (Lipinski definition) is 3. The van der Waals surface area contributed by atoms with Gasteiger partial charge in [0, 0.05) is 28.9 Å². The van der Waals surface area contributed by atoms with Crippen molar-refractivity contribution >= 4 is 17.4 Å². The Hall–Kier alpha value is -1.68. The Labute approximate surface area is 122 Å². The van der Waals surface area contributed by atoms with Crippen molar-refractivity contribution in [2.75, 3.05) is 12.4 Å². The second kappa shape index (κ2) is 5.37. The van der Waals surface area contributed by atoms with Crippen molar-refractivity contribution in [3.63, 3.8) is 0 Å². The van der Waals surface area contributed by atoms with Gasteiger partial charge in [-0.3, -0.25) is 0 Å². The molecule has 3 rings (SSSR count). The third kappa shape index (κ3) is 2.48. The molecule has 1 aliphatic rings. The molecule has 0 unspecified atom stereocenters. The van der Waals surface area contributed by atoms with Gasteiger partial charge in [0.2, 0.25) is 0 Å². The first kappa shape index (κ1) is 13.3. The van der Waals surface area contributed by atoms with Gasteiger partial charge in [-0.05, 0) is 43.9 Å². The molecule has 0 spiro atoms. The Morgan fingerprint density at radius 1 is 1.15 bits per heavy atom. The Bertz CT molecular complexity index is 620. The van der Waals surface area contributed by atoms with E-state index in [4.69, 9.17) is 11.6 Å². The van der Waals surface area contributed by atoms with Crippen molar-refractivity contribution in [2.24, 2.45) is 0 Å². The average Bonchev–Trinajstić information content (AvgIpc) is 2.45. The predicted molar refractivity (Wildman–Crippen MR) is 78.6 cm³/mol. The van der Waals surface area contributed by atoms with Crippen LogP contribution in [-0.2, 0) is 12.8 Å². The topological polar surface area (TPSA) is 37.8 Å². The van der Waals surface area contributed by atoms with E-state index in [2.05, 4.69) is 15.3 Å². The van der Waals surface area contributed by atoms with Crippen LogP contribution in [0.15, 0.2) is 18.2 Å².